The van der Waals surface area contributed by atoms with Crippen LogP contribution in [-0.2, 0) is 11.3 Å². The van der Waals surface area contributed by atoms with Crippen LogP contribution in [0, 0.1) is 5.82 Å². The number of halogens is 2. The molecule has 160 valence electrons. The molecule has 3 aromatic carbocycles. The number of hydrogen-bond donors (Lipinski definition) is 2. The molecule has 6 nitrogen and oxygen atoms in total. The average molecular weight is 493 g/mol. The van der Waals surface area contributed by atoms with Crippen LogP contribution in [0.25, 0.3) is 10.9 Å². The molecule has 0 aliphatic heterocycles. The number of nitrogens with one attached hydrogen (secondary N) is 2. The number of anilines is 1. The Morgan fingerprint density at radius 1 is 1.00 bits per heavy atom. The third-order valence-electron chi connectivity index (χ3n) is 4.75. The minimum Gasteiger partial charge on any atom is -0.337 e. The zero-order valence-electron chi connectivity index (χ0n) is 16.8. The summed E-state index contributed by atoms with van der Waals surface area (Å²) < 4.78 is 15.5. The van der Waals surface area contributed by atoms with Gasteiger partial charge in [-0.15, -0.1) is 0 Å². The van der Waals surface area contributed by atoms with Crippen LogP contribution in [0.4, 0.5) is 10.1 Å². The third kappa shape index (κ3) is 4.92. The number of hydrogen-bond acceptors (Lipinski definition) is 3. The molecule has 0 aliphatic rings. The lowest BCUT2D eigenvalue weighted by molar-refractivity contribution is -0.116. The monoisotopic (exact) mass is 492 g/mol. The summed E-state index contributed by atoms with van der Waals surface area (Å²) in [4.78, 5) is 24.8. The van der Waals surface area contributed by atoms with Gasteiger partial charge in [-0.05, 0) is 58.4 Å². The molecule has 2 N–H and O–H groups in total. The van der Waals surface area contributed by atoms with Gasteiger partial charge in [-0.2, -0.15) is 5.10 Å². The molecule has 0 bridgehead atoms. The van der Waals surface area contributed by atoms with Crippen LogP contribution in [0.1, 0.15) is 15.9 Å². The van der Waals surface area contributed by atoms with Crippen LogP contribution in [0.15, 0.2) is 88.6 Å². The molecule has 0 atom stereocenters. The molecular weight excluding hydrogens is 475 g/mol. The number of nitrogens with zero attached hydrogens (tertiary/aromatic N) is 2. The van der Waals surface area contributed by atoms with E-state index in [4.69, 9.17) is 0 Å². The minimum absolute atomic E-state index is 0.0645. The standard InChI is InChI=1S/C24H18BrFN4O2/c25-21-7-3-1-6-20(21)24(32)29-27-13-16-14-30(22-8-4-2-5-19(16)22)15-23(31)28-18-11-9-17(26)10-12-18/h1-14H,15H2,(H,28,31)(H,29,32). The topological polar surface area (TPSA) is 75.5 Å². The molecule has 32 heavy (non-hydrogen) atoms. The Bertz CT molecular complexity index is 1320. The first kappa shape index (κ1) is 21.5. The first-order chi connectivity index (χ1) is 15.5. The number of hydrazone groups is 1. The maximum atomic E-state index is 13.1. The van der Waals surface area contributed by atoms with Gasteiger partial charge in [0, 0.05) is 32.8 Å². The van der Waals surface area contributed by atoms with E-state index in [-0.39, 0.29) is 24.2 Å². The normalized spacial score (nSPS) is 11.1. The van der Waals surface area contributed by atoms with Gasteiger partial charge in [-0.25, -0.2) is 9.82 Å². The van der Waals surface area contributed by atoms with Gasteiger partial charge in [-0.3, -0.25) is 9.59 Å². The Morgan fingerprint density at radius 3 is 2.50 bits per heavy atom. The minimum atomic E-state index is -0.366. The van der Waals surface area contributed by atoms with E-state index < -0.39 is 0 Å². The lowest BCUT2D eigenvalue weighted by Gasteiger charge is -2.07. The van der Waals surface area contributed by atoms with Crippen molar-refractivity contribution in [1.29, 1.82) is 0 Å². The van der Waals surface area contributed by atoms with Crippen molar-refractivity contribution in [2.45, 2.75) is 6.54 Å². The van der Waals surface area contributed by atoms with Crippen molar-refractivity contribution in [1.82, 2.24) is 9.99 Å². The van der Waals surface area contributed by atoms with E-state index in [0.29, 0.717) is 15.7 Å². The summed E-state index contributed by atoms with van der Waals surface area (Å²) in [5, 5.41) is 7.72. The Balaban J connectivity index is 1.50. The van der Waals surface area contributed by atoms with E-state index in [0.717, 1.165) is 16.5 Å². The second-order valence-electron chi connectivity index (χ2n) is 6.96. The number of rotatable bonds is 6. The number of amides is 2. The van der Waals surface area contributed by atoms with Gasteiger partial charge in [0.05, 0.1) is 11.8 Å². The largest absolute Gasteiger partial charge is 0.337 e. The molecule has 4 aromatic rings. The van der Waals surface area contributed by atoms with Crippen LogP contribution in [0.2, 0.25) is 0 Å². The van der Waals surface area contributed by atoms with Gasteiger partial charge in [0.15, 0.2) is 0 Å². The summed E-state index contributed by atoms with van der Waals surface area (Å²) in [6.45, 7) is 0.0645. The molecule has 0 fully saturated rings. The van der Waals surface area contributed by atoms with Crippen molar-refractivity contribution in [2.75, 3.05) is 5.32 Å². The Kier molecular flexibility index (Phi) is 6.42. The molecule has 1 heterocycles. The summed E-state index contributed by atoms with van der Waals surface area (Å²) >= 11 is 3.35. The number of carbonyl (C=O) groups is 2. The molecule has 0 spiro atoms. The molecule has 2 amide bonds. The van der Waals surface area contributed by atoms with Crippen LogP contribution >= 0.6 is 15.9 Å². The molecule has 0 aliphatic carbocycles. The highest BCUT2D eigenvalue weighted by atomic mass is 79.9. The zero-order valence-corrected chi connectivity index (χ0v) is 18.3. The molecule has 0 saturated carbocycles. The van der Waals surface area contributed by atoms with Gasteiger partial charge >= 0.3 is 0 Å². The van der Waals surface area contributed by atoms with Crippen molar-refractivity contribution in [3.63, 3.8) is 0 Å². The quantitative estimate of drug-likeness (QED) is 0.295. The molecular formula is C24H18BrFN4O2. The van der Waals surface area contributed by atoms with E-state index in [1.165, 1.54) is 24.3 Å². The van der Waals surface area contributed by atoms with Crippen molar-refractivity contribution in [3.8, 4) is 0 Å². The summed E-state index contributed by atoms with van der Waals surface area (Å²) in [6.07, 6.45) is 3.34. The van der Waals surface area contributed by atoms with E-state index in [2.05, 4.69) is 31.8 Å². The summed E-state index contributed by atoms with van der Waals surface area (Å²) in [7, 11) is 0. The summed E-state index contributed by atoms with van der Waals surface area (Å²) in [5.74, 6) is -0.950. The fraction of sp³-hybridized carbons (Fsp3) is 0.0417. The lowest BCUT2D eigenvalue weighted by atomic mass is 10.2. The molecule has 8 heteroatoms. The van der Waals surface area contributed by atoms with Crippen LogP contribution in [-0.4, -0.2) is 22.6 Å². The number of aromatic nitrogens is 1. The molecule has 4 rings (SSSR count). The Hall–Kier alpha value is -3.78. The first-order valence-electron chi connectivity index (χ1n) is 9.72. The van der Waals surface area contributed by atoms with Gasteiger partial charge < -0.3 is 9.88 Å². The second-order valence-corrected chi connectivity index (χ2v) is 7.82. The smallest absolute Gasteiger partial charge is 0.272 e. The SMILES string of the molecule is O=C(Cn1cc(C=NNC(=O)c2ccccc2Br)c2ccccc21)Nc1ccc(F)cc1. The number of benzene rings is 3. The van der Waals surface area contributed by atoms with E-state index >= 15 is 0 Å². The zero-order chi connectivity index (χ0) is 22.5. The maximum absolute atomic E-state index is 13.1. The fourth-order valence-corrected chi connectivity index (χ4v) is 3.73. The average Bonchev–Trinajstić information content (AvgIpc) is 3.13. The van der Waals surface area contributed by atoms with Crippen molar-refractivity contribution >= 4 is 50.5 Å². The number of carbonyl (C=O) groups excluding carboxylic acids is 2. The lowest BCUT2D eigenvalue weighted by Crippen LogP contribution is -2.18. The molecule has 1 aromatic heterocycles. The summed E-state index contributed by atoms with van der Waals surface area (Å²) in [6, 6.07) is 20.3. The van der Waals surface area contributed by atoms with E-state index in [1.807, 2.05) is 30.3 Å². The highest BCUT2D eigenvalue weighted by molar-refractivity contribution is 9.10. The van der Waals surface area contributed by atoms with E-state index in [9.17, 15) is 14.0 Å². The van der Waals surface area contributed by atoms with E-state index in [1.54, 1.807) is 35.2 Å². The maximum Gasteiger partial charge on any atom is 0.272 e. The highest BCUT2D eigenvalue weighted by Gasteiger charge is 2.11. The number of para-hydroxylation sites is 1. The second kappa shape index (κ2) is 9.57. The van der Waals surface area contributed by atoms with Crippen LogP contribution in [0.3, 0.4) is 0 Å². The van der Waals surface area contributed by atoms with Crippen molar-refractivity contribution in [3.05, 3.63) is 100 Å². The predicted molar refractivity (Wildman–Crippen MR) is 126 cm³/mol. The molecule has 0 saturated heterocycles. The predicted octanol–water partition coefficient (Wildman–Crippen LogP) is 4.95. The Labute approximate surface area is 191 Å². The fourth-order valence-electron chi connectivity index (χ4n) is 3.26. The molecule has 0 unspecified atom stereocenters. The number of fused-ring (bicyclic) bond motifs is 1. The van der Waals surface area contributed by atoms with Crippen molar-refractivity contribution in [2.24, 2.45) is 5.10 Å². The van der Waals surface area contributed by atoms with Gasteiger partial charge in [-0.1, -0.05) is 30.3 Å². The van der Waals surface area contributed by atoms with Gasteiger partial charge in [0.25, 0.3) is 5.91 Å². The van der Waals surface area contributed by atoms with Gasteiger partial charge in [0.2, 0.25) is 5.91 Å². The summed E-state index contributed by atoms with van der Waals surface area (Å²) in [5.41, 5.74) is 5.12. The van der Waals surface area contributed by atoms with Crippen LogP contribution in [0.5, 0.6) is 0 Å². The van der Waals surface area contributed by atoms with Crippen LogP contribution < -0.4 is 10.7 Å². The highest BCUT2D eigenvalue weighted by Crippen LogP contribution is 2.20. The Morgan fingerprint density at radius 2 is 1.72 bits per heavy atom. The third-order valence-corrected chi connectivity index (χ3v) is 5.44. The van der Waals surface area contributed by atoms with Gasteiger partial charge in [0.1, 0.15) is 12.4 Å². The van der Waals surface area contributed by atoms with Crippen molar-refractivity contribution < 1.29 is 14.0 Å². The molecule has 0 radical (unpaired) electrons. The first-order valence-corrected chi connectivity index (χ1v) is 10.5.